The van der Waals surface area contributed by atoms with Crippen molar-refractivity contribution in [2.24, 2.45) is 5.92 Å². The zero-order valence-electron chi connectivity index (χ0n) is 9.08. The molecule has 1 saturated carbocycles. The fourth-order valence-electron chi connectivity index (χ4n) is 2.74. The summed E-state index contributed by atoms with van der Waals surface area (Å²) in [7, 11) is -3.44. The van der Waals surface area contributed by atoms with E-state index < -0.39 is 10.0 Å². The third-order valence-electron chi connectivity index (χ3n) is 3.56. The second-order valence-corrected chi connectivity index (χ2v) is 6.82. The van der Waals surface area contributed by atoms with Gasteiger partial charge in [-0.05, 0) is 36.8 Å². The molecule has 1 aliphatic heterocycles. The standard InChI is InChI=1S/C10H12ClN3O2S/c11-10-12-4-9(5-13-10)17(15,16)14-6-7-1-2-8(14)3-7/h4-5,7-8H,1-3,6H2. The van der Waals surface area contributed by atoms with Crippen LogP contribution in [-0.4, -0.2) is 35.3 Å². The predicted molar refractivity (Wildman–Crippen MR) is 62.1 cm³/mol. The number of piperidine rings is 1. The molecule has 2 heterocycles. The molecule has 0 aromatic carbocycles. The molecular formula is C10H12ClN3O2S. The molecule has 0 amide bonds. The van der Waals surface area contributed by atoms with Crippen LogP contribution in [-0.2, 0) is 10.0 Å². The SMILES string of the molecule is O=S(=O)(c1cnc(Cl)nc1)N1CC2CCC1C2. The normalized spacial score (nSPS) is 28.8. The first-order valence-electron chi connectivity index (χ1n) is 5.57. The van der Waals surface area contributed by atoms with Crippen molar-refractivity contribution in [3.63, 3.8) is 0 Å². The van der Waals surface area contributed by atoms with E-state index in [9.17, 15) is 8.42 Å². The summed E-state index contributed by atoms with van der Waals surface area (Å²) in [5.74, 6) is 0.531. The molecule has 17 heavy (non-hydrogen) atoms. The van der Waals surface area contributed by atoms with Gasteiger partial charge in [0.1, 0.15) is 4.90 Å². The summed E-state index contributed by atoms with van der Waals surface area (Å²) in [5.41, 5.74) is 0. The summed E-state index contributed by atoms with van der Waals surface area (Å²) in [5, 5.41) is 0.0619. The molecule has 92 valence electrons. The molecule has 1 aromatic heterocycles. The van der Waals surface area contributed by atoms with Gasteiger partial charge in [0.25, 0.3) is 0 Å². The van der Waals surface area contributed by atoms with Crippen LogP contribution in [0.15, 0.2) is 17.3 Å². The van der Waals surface area contributed by atoms with E-state index in [1.165, 1.54) is 12.4 Å². The first-order chi connectivity index (χ1) is 8.07. The molecule has 1 aromatic rings. The first kappa shape index (κ1) is 11.4. The minimum absolute atomic E-state index is 0.0619. The lowest BCUT2D eigenvalue weighted by Gasteiger charge is -2.25. The van der Waals surface area contributed by atoms with Crippen LogP contribution in [0.25, 0.3) is 0 Å². The minimum Gasteiger partial charge on any atom is -0.225 e. The van der Waals surface area contributed by atoms with E-state index in [1.807, 2.05) is 0 Å². The summed E-state index contributed by atoms with van der Waals surface area (Å²) in [6.45, 7) is 0.635. The number of rotatable bonds is 2. The van der Waals surface area contributed by atoms with Gasteiger partial charge in [-0.1, -0.05) is 0 Å². The van der Waals surface area contributed by atoms with Gasteiger partial charge < -0.3 is 0 Å². The van der Waals surface area contributed by atoms with Crippen LogP contribution in [0, 0.1) is 5.92 Å². The monoisotopic (exact) mass is 273 g/mol. The van der Waals surface area contributed by atoms with Crippen molar-refractivity contribution in [1.82, 2.24) is 14.3 Å². The lowest BCUT2D eigenvalue weighted by atomic mass is 10.1. The van der Waals surface area contributed by atoms with Crippen LogP contribution in [0.3, 0.4) is 0 Å². The summed E-state index contributed by atoms with van der Waals surface area (Å²) < 4.78 is 26.3. The second kappa shape index (κ2) is 3.90. The van der Waals surface area contributed by atoms with Crippen molar-refractivity contribution >= 4 is 21.6 Å². The molecule has 2 atom stereocenters. The van der Waals surface area contributed by atoms with Crippen molar-refractivity contribution in [1.29, 1.82) is 0 Å². The van der Waals surface area contributed by atoms with E-state index >= 15 is 0 Å². The molecular weight excluding hydrogens is 262 g/mol. The van der Waals surface area contributed by atoms with Crippen LogP contribution in [0.4, 0.5) is 0 Å². The fourth-order valence-corrected chi connectivity index (χ4v) is 4.47. The van der Waals surface area contributed by atoms with E-state index in [0.29, 0.717) is 12.5 Å². The van der Waals surface area contributed by atoms with Crippen LogP contribution >= 0.6 is 11.6 Å². The maximum Gasteiger partial charge on any atom is 0.246 e. The molecule has 1 aliphatic carbocycles. The Balaban J connectivity index is 1.93. The Kier molecular flexibility index (Phi) is 2.61. The Morgan fingerprint density at radius 3 is 2.53 bits per heavy atom. The summed E-state index contributed by atoms with van der Waals surface area (Å²) in [4.78, 5) is 7.59. The molecule has 0 N–H and O–H groups in total. The molecule has 2 bridgehead atoms. The van der Waals surface area contributed by atoms with Crippen molar-refractivity contribution in [2.75, 3.05) is 6.54 Å². The molecule has 0 radical (unpaired) electrons. The van der Waals surface area contributed by atoms with Crippen LogP contribution < -0.4 is 0 Å². The number of halogens is 1. The molecule has 5 nitrogen and oxygen atoms in total. The zero-order valence-corrected chi connectivity index (χ0v) is 10.7. The zero-order chi connectivity index (χ0) is 12.0. The average Bonchev–Trinajstić information content (AvgIpc) is 2.91. The summed E-state index contributed by atoms with van der Waals surface area (Å²) >= 11 is 5.55. The molecule has 0 spiro atoms. The van der Waals surface area contributed by atoms with Crippen molar-refractivity contribution in [3.8, 4) is 0 Å². The molecule has 3 rings (SSSR count). The van der Waals surface area contributed by atoms with E-state index in [2.05, 4.69) is 9.97 Å². The van der Waals surface area contributed by atoms with Crippen molar-refractivity contribution < 1.29 is 8.42 Å². The van der Waals surface area contributed by atoms with Gasteiger partial charge in [-0.3, -0.25) is 0 Å². The van der Waals surface area contributed by atoms with Gasteiger partial charge in [-0.15, -0.1) is 0 Å². The Hall–Kier alpha value is -0.720. The van der Waals surface area contributed by atoms with E-state index in [0.717, 1.165) is 19.3 Å². The number of hydrogen-bond donors (Lipinski definition) is 0. The largest absolute Gasteiger partial charge is 0.246 e. The third-order valence-corrected chi connectivity index (χ3v) is 5.63. The third kappa shape index (κ3) is 1.84. The van der Waals surface area contributed by atoms with E-state index in [-0.39, 0.29) is 16.2 Å². The highest BCUT2D eigenvalue weighted by molar-refractivity contribution is 7.89. The molecule has 7 heteroatoms. The Morgan fingerprint density at radius 1 is 1.29 bits per heavy atom. The van der Waals surface area contributed by atoms with Gasteiger partial charge in [0.05, 0.1) is 12.4 Å². The maximum atomic E-state index is 12.3. The van der Waals surface area contributed by atoms with E-state index in [4.69, 9.17) is 11.6 Å². The maximum absolute atomic E-state index is 12.3. The van der Waals surface area contributed by atoms with Gasteiger partial charge in [0, 0.05) is 12.6 Å². The van der Waals surface area contributed by atoms with Crippen molar-refractivity contribution in [3.05, 3.63) is 17.7 Å². The second-order valence-electron chi connectivity index (χ2n) is 4.60. The van der Waals surface area contributed by atoms with Crippen LogP contribution in [0.5, 0.6) is 0 Å². The summed E-state index contributed by atoms with van der Waals surface area (Å²) in [6.07, 6.45) is 5.66. The summed E-state index contributed by atoms with van der Waals surface area (Å²) in [6, 6.07) is 0.167. The first-order valence-corrected chi connectivity index (χ1v) is 7.38. The van der Waals surface area contributed by atoms with E-state index in [1.54, 1.807) is 4.31 Å². The Morgan fingerprint density at radius 2 is 2.00 bits per heavy atom. The Bertz CT molecular complexity index is 531. The molecule has 1 saturated heterocycles. The van der Waals surface area contributed by atoms with Crippen LogP contribution in [0.2, 0.25) is 5.28 Å². The minimum atomic E-state index is -3.44. The molecule has 2 fully saturated rings. The lowest BCUT2D eigenvalue weighted by molar-refractivity contribution is 0.333. The number of nitrogens with zero attached hydrogens (tertiary/aromatic N) is 3. The number of fused-ring (bicyclic) bond motifs is 2. The van der Waals surface area contributed by atoms with Gasteiger partial charge in [0.2, 0.25) is 15.3 Å². The average molecular weight is 274 g/mol. The predicted octanol–water partition coefficient (Wildman–Crippen LogP) is 1.30. The number of aromatic nitrogens is 2. The molecule has 2 unspecified atom stereocenters. The van der Waals surface area contributed by atoms with Gasteiger partial charge >= 0.3 is 0 Å². The van der Waals surface area contributed by atoms with Gasteiger partial charge in [-0.2, -0.15) is 4.31 Å². The number of sulfonamides is 1. The topological polar surface area (TPSA) is 63.2 Å². The van der Waals surface area contributed by atoms with Gasteiger partial charge in [0.15, 0.2) is 0 Å². The van der Waals surface area contributed by atoms with Crippen LogP contribution in [0.1, 0.15) is 19.3 Å². The highest BCUT2D eigenvalue weighted by Gasteiger charge is 2.44. The smallest absolute Gasteiger partial charge is 0.225 e. The molecule has 2 aliphatic rings. The fraction of sp³-hybridized carbons (Fsp3) is 0.600. The van der Waals surface area contributed by atoms with Gasteiger partial charge in [-0.25, -0.2) is 18.4 Å². The highest BCUT2D eigenvalue weighted by Crippen LogP contribution is 2.40. The van der Waals surface area contributed by atoms with Crippen molar-refractivity contribution in [2.45, 2.75) is 30.2 Å². The lowest BCUT2D eigenvalue weighted by Crippen LogP contribution is -2.37. The Labute approximate surface area is 105 Å². The highest BCUT2D eigenvalue weighted by atomic mass is 35.5. The quantitative estimate of drug-likeness (QED) is 0.762. The number of hydrogen-bond acceptors (Lipinski definition) is 4.